The number of nitrogens with zero attached hydrogens (tertiary/aromatic N) is 3. The predicted octanol–water partition coefficient (Wildman–Crippen LogP) is 2.88. The quantitative estimate of drug-likeness (QED) is 0.811. The number of hydrogen-bond acceptors (Lipinski definition) is 6. The monoisotopic (exact) mass is 373 g/mol. The summed E-state index contributed by atoms with van der Waals surface area (Å²) < 4.78 is 6.49. The molecule has 1 aliphatic rings. The van der Waals surface area contributed by atoms with Gasteiger partial charge in [0.15, 0.2) is 5.69 Å². The lowest BCUT2D eigenvalue weighted by Gasteiger charge is -2.31. The third-order valence-corrected chi connectivity index (χ3v) is 5.46. The van der Waals surface area contributed by atoms with Crippen LogP contribution in [0.4, 0.5) is 0 Å². The first kappa shape index (κ1) is 14.1. The van der Waals surface area contributed by atoms with Gasteiger partial charge in [0.05, 0.1) is 18.2 Å². The standard InChI is InChI=1S/C12H12BrN3O2S2/c1-7-15-9(10(13)20-7)12(17)16-3-4-18-8(6-16)11-14-2-5-19-11/h2,5,8H,3-4,6H2,1H3. The van der Waals surface area contributed by atoms with Gasteiger partial charge in [0.2, 0.25) is 0 Å². The second-order valence-corrected chi connectivity index (χ2v) is 7.78. The van der Waals surface area contributed by atoms with E-state index in [2.05, 4.69) is 25.9 Å². The molecule has 1 fully saturated rings. The second-order valence-electron chi connectivity index (χ2n) is 4.34. The molecule has 0 bridgehead atoms. The Balaban J connectivity index is 1.77. The van der Waals surface area contributed by atoms with Gasteiger partial charge in [0.25, 0.3) is 5.91 Å². The average molecular weight is 374 g/mol. The molecule has 106 valence electrons. The van der Waals surface area contributed by atoms with Gasteiger partial charge in [0, 0.05) is 18.1 Å². The van der Waals surface area contributed by atoms with Crippen LogP contribution in [-0.2, 0) is 4.74 Å². The summed E-state index contributed by atoms with van der Waals surface area (Å²) in [4.78, 5) is 22.9. The molecular formula is C12H12BrN3O2S2. The topological polar surface area (TPSA) is 55.3 Å². The summed E-state index contributed by atoms with van der Waals surface area (Å²) in [7, 11) is 0. The van der Waals surface area contributed by atoms with Crippen LogP contribution in [0.15, 0.2) is 15.4 Å². The van der Waals surface area contributed by atoms with Crippen LogP contribution >= 0.6 is 38.6 Å². The molecule has 5 nitrogen and oxygen atoms in total. The van der Waals surface area contributed by atoms with E-state index in [0.29, 0.717) is 25.4 Å². The highest BCUT2D eigenvalue weighted by Gasteiger charge is 2.29. The summed E-state index contributed by atoms with van der Waals surface area (Å²) in [6, 6.07) is 0. The van der Waals surface area contributed by atoms with Crippen LogP contribution in [0.2, 0.25) is 0 Å². The number of halogens is 1. The van der Waals surface area contributed by atoms with Gasteiger partial charge in [-0.25, -0.2) is 9.97 Å². The summed E-state index contributed by atoms with van der Waals surface area (Å²) in [5, 5.41) is 3.71. The van der Waals surface area contributed by atoms with Gasteiger partial charge in [-0.3, -0.25) is 4.79 Å². The Morgan fingerprint density at radius 1 is 1.60 bits per heavy atom. The average Bonchev–Trinajstić information content (AvgIpc) is 3.08. The molecule has 0 spiro atoms. The minimum absolute atomic E-state index is 0.0499. The van der Waals surface area contributed by atoms with Crippen molar-refractivity contribution in [3.63, 3.8) is 0 Å². The molecule has 1 unspecified atom stereocenters. The number of thiazole rings is 2. The minimum atomic E-state index is -0.133. The maximum atomic E-state index is 12.5. The molecule has 2 aromatic rings. The first-order valence-electron chi connectivity index (χ1n) is 6.08. The van der Waals surface area contributed by atoms with Crippen molar-refractivity contribution in [3.8, 4) is 0 Å². The van der Waals surface area contributed by atoms with Crippen LogP contribution in [0.1, 0.15) is 26.6 Å². The van der Waals surface area contributed by atoms with E-state index >= 15 is 0 Å². The van der Waals surface area contributed by atoms with E-state index in [1.54, 1.807) is 22.4 Å². The fraction of sp³-hybridized carbons (Fsp3) is 0.417. The maximum Gasteiger partial charge on any atom is 0.274 e. The molecule has 20 heavy (non-hydrogen) atoms. The molecule has 3 heterocycles. The van der Waals surface area contributed by atoms with Crippen molar-refractivity contribution in [1.29, 1.82) is 0 Å². The van der Waals surface area contributed by atoms with Crippen molar-refractivity contribution in [2.24, 2.45) is 0 Å². The van der Waals surface area contributed by atoms with Crippen LogP contribution in [-0.4, -0.2) is 40.5 Å². The van der Waals surface area contributed by atoms with E-state index in [-0.39, 0.29) is 12.0 Å². The van der Waals surface area contributed by atoms with Gasteiger partial charge < -0.3 is 9.64 Å². The molecule has 1 aliphatic heterocycles. The van der Waals surface area contributed by atoms with Gasteiger partial charge in [-0.15, -0.1) is 22.7 Å². The third kappa shape index (κ3) is 2.78. The van der Waals surface area contributed by atoms with Crippen molar-refractivity contribution in [3.05, 3.63) is 31.1 Å². The Labute approximate surface area is 132 Å². The van der Waals surface area contributed by atoms with Gasteiger partial charge in [-0.2, -0.15) is 0 Å². The number of hydrogen-bond donors (Lipinski definition) is 0. The van der Waals surface area contributed by atoms with Crippen LogP contribution in [0, 0.1) is 6.92 Å². The van der Waals surface area contributed by atoms with Crippen molar-refractivity contribution < 1.29 is 9.53 Å². The van der Waals surface area contributed by atoms with E-state index in [1.807, 2.05) is 12.3 Å². The van der Waals surface area contributed by atoms with E-state index < -0.39 is 0 Å². The lowest BCUT2D eigenvalue weighted by molar-refractivity contribution is -0.0231. The largest absolute Gasteiger partial charge is 0.367 e. The Kier molecular flexibility index (Phi) is 4.16. The van der Waals surface area contributed by atoms with Crippen LogP contribution < -0.4 is 0 Å². The Morgan fingerprint density at radius 2 is 2.45 bits per heavy atom. The van der Waals surface area contributed by atoms with E-state index in [1.165, 1.54) is 11.3 Å². The van der Waals surface area contributed by atoms with E-state index in [0.717, 1.165) is 13.8 Å². The number of carbonyl (C=O) groups is 1. The Morgan fingerprint density at radius 3 is 3.10 bits per heavy atom. The zero-order valence-corrected chi connectivity index (χ0v) is 13.9. The minimum Gasteiger partial charge on any atom is -0.367 e. The molecule has 0 saturated carbocycles. The highest BCUT2D eigenvalue weighted by molar-refractivity contribution is 9.11. The van der Waals surface area contributed by atoms with Crippen molar-refractivity contribution in [1.82, 2.24) is 14.9 Å². The lowest BCUT2D eigenvalue weighted by atomic mass is 10.2. The van der Waals surface area contributed by atoms with Crippen molar-refractivity contribution in [2.75, 3.05) is 19.7 Å². The highest BCUT2D eigenvalue weighted by Crippen LogP contribution is 2.28. The fourth-order valence-electron chi connectivity index (χ4n) is 2.06. The first-order chi connectivity index (χ1) is 9.65. The molecule has 2 aromatic heterocycles. The Bertz CT molecular complexity index is 614. The number of amides is 1. The van der Waals surface area contributed by atoms with Crippen LogP contribution in [0.25, 0.3) is 0 Å². The summed E-state index contributed by atoms with van der Waals surface area (Å²) >= 11 is 6.43. The molecule has 0 N–H and O–H groups in total. The number of carbonyl (C=O) groups excluding carboxylic acids is 1. The molecular weight excluding hydrogens is 362 g/mol. The molecule has 1 saturated heterocycles. The normalized spacial score (nSPS) is 19.3. The smallest absolute Gasteiger partial charge is 0.274 e. The van der Waals surface area contributed by atoms with Gasteiger partial charge in [0.1, 0.15) is 14.9 Å². The number of aryl methyl sites for hydroxylation is 1. The van der Waals surface area contributed by atoms with Gasteiger partial charge in [-0.05, 0) is 22.9 Å². The molecule has 0 aromatic carbocycles. The summed E-state index contributed by atoms with van der Waals surface area (Å²) in [6.45, 7) is 3.53. The lowest BCUT2D eigenvalue weighted by Crippen LogP contribution is -2.42. The zero-order chi connectivity index (χ0) is 14.1. The summed E-state index contributed by atoms with van der Waals surface area (Å²) in [5.74, 6) is -0.0499. The van der Waals surface area contributed by atoms with Gasteiger partial charge in [-0.1, -0.05) is 0 Å². The van der Waals surface area contributed by atoms with Crippen LogP contribution in [0.5, 0.6) is 0 Å². The maximum absolute atomic E-state index is 12.5. The molecule has 0 aliphatic carbocycles. The molecule has 0 radical (unpaired) electrons. The summed E-state index contributed by atoms with van der Waals surface area (Å²) in [6.07, 6.45) is 1.62. The van der Waals surface area contributed by atoms with E-state index in [4.69, 9.17) is 4.74 Å². The predicted molar refractivity (Wildman–Crippen MR) is 81.3 cm³/mol. The number of ether oxygens (including phenoxy) is 1. The van der Waals surface area contributed by atoms with Crippen molar-refractivity contribution >= 4 is 44.5 Å². The van der Waals surface area contributed by atoms with Gasteiger partial charge >= 0.3 is 0 Å². The molecule has 1 amide bonds. The van der Waals surface area contributed by atoms with E-state index in [9.17, 15) is 4.79 Å². The van der Waals surface area contributed by atoms with Crippen molar-refractivity contribution in [2.45, 2.75) is 13.0 Å². The zero-order valence-electron chi connectivity index (χ0n) is 10.7. The number of rotatable bonds is 2. The van der Waals surface area contributed by atoms with Crippen LogP contribution in [0.3, 0.4) is 0 Å². The summed E-state index contributed by atoms with van der Waals surface area (Å²) in [5.41, 5.74) is 0.493. The third-order valence-electron chi connectivity index (χ3n) is 2.98. The molecule has 3 rings (SSSR count). The highest BCUT2D eigenvalue weighted by atomic mass is 79.9. The SMILES string of the molecule is Cc1nc(C(=O)N2CCOC(c3nccs3)C2)c(Br)s1. The molecule has 1 atom stereocenters. The fourth-order valence-corrected chi connectivity index (χ4v) is 4.32. The second kappa shape index (κ2) is 5.88. The number of morpholine rings is 1. The first-order valence-corrected chi connectivity index (χ1v) is 8.57. The molecule has 8 heteroatoms. The number of aromatic nitrogens is 2. The Hall–Kier alpha value is -0.830.